The number of rotatable bonds is 2. The summed E-state index contributed by atoms with van der Waals surface area (Å²) in [6.45, 7) is 5.39. The zero-order valence-electron chi connectivity index (χ0n) is 13.1. The largest absolute Gasteiger partial charge is 0.488 e. The number of fused-ring (bicyclic) bond motifs is 1. The molecule has 0 unspecified atom stereocenters. The van der Waals surface area contributed by atoms with Crippen LogP contribution < -0.4 is 9.47 Å². The fourth-order valence-corrected chi connectivity index (χ4v) is 3.03. The molecule has 1 aromatic rings. The summed E-state index contributed by atoms with van der Waals surface area (Å²) in [5, 5.41) is 0. The Hall–Kier alpha value is -2.04. The molecule has 0 aliphatic carbocycles. The number of amides is 1. The second kappa shape index (κ2) is 5.99. The molecule has 0 bridgehead atoms. The van der Waals surface area contributed by atoms with E-state index < -0.39 is 0 Å². The average Bonchev–Trinajstić information content (AvgIpc) is 2.49. The van der Waals surface area contributed by atoms with E-state index in [1.54, 1.807) is 6.92 Å². The minimum Gasteiger partial charge on any atom is -0.488 e. The first-order valence-corrected chi connectivity index (χ1v) is 7.77. The zero-order valence-corrected chi connectivity index (χ0v) is 13.1. The Morgan fingerprint density at radius 1 is 1.32 bits per heavy atom. The molecule has 0 aromatic heterocycles. The molecule has 0 saturated carbocycles. The van der Waals surface area contributed by atoms with E-state index in [-0.39, 0.29) is 17.8 Å². The Balaban J connectivity index is 1.76. The summed E-state index contributed by atoms with van der Waals surface area (Å²) in [4.78, 5) is 25.2. The van der Waals surface area contributed by atoms with Crippen LogP contribution in [0.5, 0.6) is 11.5 Å². The highest BCUT2D eigenvalue weighted by molar-refractivity contribution is 6.00. The number of Topliss-reactive ketones (excluding diaryl/α,β-unsaturated/α-hetero) is 1. The summed E-state index contributed by atoms with van der Waals surface area (Å²) in [5.74, 6) is 1.46. The number of ketones is 1. The number of benzene rings is 1. The zero-order chi connectivity index (χ0) is 15.7. The monoisotopic (exact) mass is 303 g/mol. The summed E-state index contributed by atoms with van der Waals surface area (Å²) in [6.07, 6.45) is 2.08. The molecule has 1 amide bonds. The minimum absolute atomic E-state index is 0.0575. The van der Waals surface area contributed by atoms with Crippen LogP contribution in [0.25, 0.3) is 0 Å². The lowest BCUT2D eigenvalue weighted by Gasteiger charge is -2.32. The predicted molar refractivity (Wildman–Crippen MR) is 81.5 cm³/mol. The second-order valence-electron chi connectivity index (χ2n) is 5.98. The number of carbonyl (C=O) groups excluding carboxylic acids is 2. The van der Waals surface area contributed by atoms with Gasteiger partial charge in [0.15, 0.2) is 17.3 Å². The van der Waals surface area contributed by atoms with Crippen molar-refractivity contribution in [3.63, 3.8) is 0 Å². The van der Waals surface area contributed by atoms with Crippen molar-refractivity contribution in [3.05, 3.63) is 23.3 Å². The van der Waals surface area contributed by atoms with Gasteiger partial charge in [0.2, 0.25) is 5.91 Å². The molecular formula is C17H21NO4. The molecular weight excluding hydrogens is 282 g/mol. The van der Waals surface area contributed by atoms with Crippen LogP contribution in [0.2, 0.25) is 0 Å². The fourth-order valence-electron chi connectivity index (χ4n) is 3.03. The van der Waals surface area contributed by atoms with Gasteiger partial charge in [-0.1, -0.05) is 0 Å². The highest BCUT2D eigenvalue weighted by Gasteiger charge is 2.26. The molecule has 3 rings (SSSR count). The molecule has 0 radical (unpaired) electrons. The SMILES string of the molecule is CC(=O)N1CCC(Oc2cc(C)cc3c2OCCC3=O)CC1. The van der Waals surface area contributed by atoms with Crippen LogP contribution in [0.4, 0.5) is 0 Å². The Kier molecular flexibility index (Phi) is 4.05. The Morgan fingerprint density at radius 3 is 2.73 bits per heavy atom. The van der Waals surface area contributed by atoms with Crippen LogP contribution >= 0.6 is 0 Å². The summed E-state index contributed by atoms with van der Waals surface area (Å²) >= 11 is 0. The highest BCUT2D eigenvalue weighted by atomic mass is 16.5. The third kappa shape index (κ3) is 2.93. The van der Waals surface area contributed by atoms with Crippen molar-refractivity contribution < 1.29 is 19.1 Å². The smallest absolute Gasteiger partial charge is 0.219 e. The molecule has 5 nitrogen and oxygen atoms in total. The quantitative estimate of drug-likeness (QED) is 0.841. The van der Waals surface area contributed by atoms with E-state index in [0.29, 0.717) is 43.2 Å². The fraction of sp³-hybridized carbons (Fsp3) is 0.529. The van der Waals surface area contributed by atoms with E-state index in [1.807, 2.05) is 24.0 Å². The molecule has 1 fully saturated rings. The van der Waals surface area contributed by atoms with Crippen molar-refractivity contribution in [3.8, 4) is 11.5 Å². The van der Waals surface area contributed by atoms with Crippen LogP contribution in [0.15, 0.2) is 12.1 Å². The lowest BCUT2D eigenvalue weighted by molar-refractivity contribution is -0.130. The number of ether oxygens (including phenoxy) is 2. The Morgan fingerprint density at radius 2 is 2.05 bits per heavy atom. The standard InChI is InChI=1S/C17H21NO4/c1-11-9-14-15(20)5-8-21-17(14)16(10-11)22-13-3-6-18(7-4-13)12(2)19/h9-10,13H,3-8H2,1-2H3. The van der Waals surface area contributed by atoms with Gasteiger partial charge in [-0.15, -0.1) is 0 Å². The lowest BCUT2D eigenvalue weighted by atomic mass is 10.0. The number of nitrogens with zero attached hydrogens (tertiary/aromatic N) is 1. The normalized spacial score (nSPS) is 18.6. The van der Waals surface area contributed by atoms with Crippen molar-refractivity contribution >= 4 is 11.7 Å². The third-order valence-electron chi connectivity index (χ3n) is 4.26. The molecule has 2 aliphatic heterocycles. The molecule has 118 valence electrons. The lowest BCUT2D eigenvalue weighted by Crippen LogP contribution is -2.40. The maximum Gasteiger partial charge on any atom is 0.219 e. The molecule has 0 N–H and O–H groups in total. The topological polar surface area (TPSA) is 55.8 Å². The van der Waals surface area contributed by atoms with E-state index in [4.69, 9.17) is 9.47 Å². The van der Waals surface area contributed by atoms with E-state index in [2.05, 4.69) is 0 Å². The van der Waals surface area contributed by atoms with Crippen molar-refractivity contribution in [2.75, 3.05) is 19.7 Å². The summed E-state index contributed by atoms with van der Waals surface area (Å²) in [5.41, 5.74) is 1.62. The van der Waals surface area contributed by atoms with Gasteiger partial charge in [0.05, 0.1) is 12.2 Å². The number of carbonyl (C=O) groups is 2. The van der Waals surface area contributed by atoms with Gasteiger partial charge in [-0.3, -0.25) is 9.59 Å². The maximum absolute atomic E-state index is 12.0. The number of hydrogen-bond donors (Lipinski definition) is 0. The van der Waals surface area contributed by atoms with E-state index >= 15 is 0 Å². The predicted octanol–water partition coefficient (Wildman–Crippen LogP) is 2.35. The van der Waals surface area contributed by atoms with Gasteiger partial charge in [-0.25, -0.2) is 0 Å². The molecule has 5 heteroatoms. The van der Waals surface area contributed by atoms with Crippen LogP contribution in [-0.4, -0.2) is 42.4 Å². The van der Waals surface area contributed by atoms with Crippen molar-refractivity contribution in [1.82, 2.24) is 4.90 Å². The average molecular weight is 303 g/mol. The maximum atomic E-state index is 12.0. The van der Waals surface area contributed by atoms with Gasteiger partial charge in [-0.05, 0) is 24.6 Å². The Labute approximate surface area is 130 Å². The first kappa shape index (κ1) is 14.9. The molecule has 1 aromatic carbocycles. The molecule has 0 spiro atoms. The van der Waals surface area contributed by atoms with E-state index in [1.165, 1.54) is 0 Å². The second-order valence-corrected chi connectivity index (χ2v) is 5.98. The third-order valence-corrected chi connectivity index (χ3v) is 4.26. The van der Waals surface area contributed by atoms with E-state index in [9.17, 15) is 9.59 Å². The van der Waals surface area contributed by atoms with Crippen LogP contribution in [0.3, 0.4) is 0 Å². The molecule has 22 heavy (non-hydrogen) atoms. The number of aryl methyl sites for hydroxylation is 1. The van der Waals surface area contributed by atoms with Crippen molar-refractivity contribution in [2.24, 2.45) is 0 Å². The Bertz CT molecular complexity index is 603. The van der Waals surface area contributed by atoms with Gasteiger partial charge in [-0.2, -0.15) is 0 Å². The first-order chi connectivity index (χ1) is 10.5. The van der Waals surface area contributed by atoms with Crippen LogP contribution in [0, 0.1) is 6.92 Å². The highest BCUT2D eigenvalue weighted by Crippen LogP contribution is 2.37. The molecule has 2 heterocycles. The van der Waals surface area contributed by atoms with Crippen LogP contribution in [0.1, 0.15) is 42.1 Å². The number of likely N-dealkylation sites (tertiary alicyclic amines) is 1. The van der Waals surface area contributed by atoms with Crippen LogP contribution in [-0.2, 0) is 4.79 Å². The van der Waals surface area contributed by atoms with Crippen molar-refractivity contribution in [2.45, 2.75) is 39.2 Å². The van der Waals surface area contributed by atoms with Gasteiger partial charge >= 0.3 is 0 Å². The molecule has 2 aliphatic rings. The van der Waals surface area contributed by atoms with Gasteiger partial charge in [0.1, 0.15) is 6.10 Å². The molecule has 0 atom stereocenters. The molecule has 1 saturated heterocycles. The van der Waals surface area contributed by atoms with Gasteiger partial charge in [0, 0.05) is 39.3 Å². The van der Waals surface area contributed by atoms with Gasteiger partial charge in [0.25, 0.3) is 0 Å². The minimum atomic E-state index is 0.0575. The first-order valence-electron chi connectivity index (χ1n) is 7.77. The van der Waals surface area contributed by atoms with Crippen molar-refractivity contribution in [1.29, 1.82) is 0 Å². The summed E-state index contributed by atoms with van der Waals surface area (Å²) in [6, 6.07) is 3.79. The van der Waals surface area contributed by atoms with Gasteiger partial charge < -0.3 is 14.4 Å². The number of piperidine rings is 1. The number of hydrogen-bond acceptors (Lipinski definition) is 4. The summed E-state index contributed by atoms with van der Waals surface area (Å²) < 4.78 is 11.8. The summed E-state index contributed by atoms with van der Waals surface area (Å²) in [7, 11) is 0. The van der Waals surface area contributed by atoms with E-state index in [0.717, 1.165) is 18.4 Å².